The normalized spacial score (nSPS) is 28.8. The van der Waals surface area contributed by atoms with Crippen LogP contribution >= 0.6 is 0 Å². The lowest BCUT2D eigenvalue weighted by Crippen LogP contribution is -2.65. The Morgan fingerprint density at radius 2 is 1.90 bits per heavy atom. The monoisotopic (exact) mass is 401 g/mol. The highest BCUT2D eigenvalue weighted by atomic mass is 16.2. The van der Waals surface area contributed by atoms with Crippen LogP contribution in [0.15, 0.2) is 24.3 Å². The van der Waals surface area contributed by atoms with Gasteiger partial charge in [-0.1, -0.05) is 20.3 Å². The first kappa shape index (κ1) is 22.1. The molecule has 2 N–H and O–H groups in total. The van der Waals surface area contributed by atoms with Crippen molar-refractivity contribution in [3.8, 4) is 0 Å². The molecule has 6 nitrogen and oxygen atoms in total. The van der Waals surface area contributed by atoms with Crippen LogP contribution in [-0.2, 0) is 4.79 Å². The molecule has 2 fully saturated rings. The van der Waals surface area contributed by atoms with Gasteiger partial charge in [0, 0.05) is 50.1 Å². The third kappa shape index (κ3) is 4.60. The second kappa shape index (κ2) is 9.45. The maximum Gasteiger partial charge on any atom is 0.231 e. The lowest BCUT2D eigenvalue weighted by atomic mass is 9.92. The predicted molar refractivity (Wildman–Crippen MR) is 121 cm³/mol. The van der Waals surface area contributed by atoms with E-state index < -0.39 is 0 Å². The number of nitrogens with zero attached hydrogens (tertiary/aromatic N) is 3. The van der Waals surface area contributed by atoms with E-state index in [0.717, 1.165) is 24.2 Å². The molecule has 0 spiro atoms. The van der Waals surface area contributed by atoms with Crippen molar-refractivity contribution in [3.63, 3.8) is 0 Å². The van der Waals surface area contributed by atoms with Gasteiger partial charge < -0.3 is 10.2 Å². The topological polar surface area (TPSA) is 50.9 Å². The zero-order chi connectivity index (χ0) is 21.1. The Morgan fingerprint density at radius 3 is 2.48 bits per heavy atom. The quantitative estimate of drug-likeness (QED) is 0.732. The summed E-state index contributed by atoms with van der Waals surface area (Å²) >= 11 is 0. The zero-order valence-electron chi connectivity index (χ0n) is 19.0. The van der Waals surface area contributed by atoms with Crippen LogP contribution in [0, 0.1) is 5.92 Å². The van der Waals surface area contributed by atoms with E-state index >= 15 is 0 Å². The summed E-state index contributed by atoms with van der Waals surface area (Å²) in [6, 6.07) is 9.50. The Kier molecular flexibility index (Phi) is 7.19. The van der Waals surface area contributed by atoms with Gasteiger partial charge in [-0.3, -0.25) is 15.1 Å². The van der Waals surface area contributed by atoms with Crippen LogP contribution in [0.3, 0.4) is 0 Å². The van der Waals surface area contributed by atoms with E-state index in [0.29, 0.717) is 24.7 Å². The highest BCUT2D eigenvalue weighted by Crippen LogP contribution is 2.35. The molecule has 29 heavy (non-hydrogen) atoms. The van der Waals surface area contributed by atoms with Gasteiger partial charge in [-0.25, -0.2) is 5.01 Å². The second-order valence-electron chi connectivity index (χ2n) is 8.95. The van der Waals surface area contributed by atoms with E-state index in [1.807, 2.05) is 38.4 Å². The number of amides is 1. The van der Waals surface area contributed by atoms with Crippen molar-refractivity contribution in [2.75, 3.05) is 30.9 Å². The van der Waals surface area contributed by atoms with Crippen molar-refractivity contribution in [2.45, 2.75) is 77.7 Å². The van der Waals surface area contributed by atoms with E-state index in [1.54, 1.807) is 0 Å². The first-order valence-corrected chi connectivity index (χ1v) is 11.2. The van der Waals surface area contributed by atoms with Crippen molar-refractivity contribution < 1.29 is 4.79 Å². The van der Waals surface area contributed by atoms with Crippen LogP contribution in [0.5, 0.6) is 0 Å². The summed E-state index contributed by atoms with van der Waals surface area (Å²) in [5.74, 6) is 0.0277. The molecular weight excluding hydrogens is 362 g/mol. The van der Waals surface area contributed by atoms with Crippen LogP contribution < -0.4 is 15.6 Å². The number of hydrogen-bond acceptors (Lipinski definition) is 5. The van der Waals surface area contributed by atoms with Gasteiger partial charge in [-0.05, 0) is 57.4 Å². The number of nitrogens with one attached hydrogen (secondary N) is 2. The van der Waals surface area contributed by atoms with Gasteiger partial charge in [0.1, 0.15) is 0 Å². The SMILES string of the molecule is CCCC(CC)N1C(C)CC(C)N2NCC(C(=O)Nc3ccc(N(C)C)cc3)C21. The average molecular weight is 402 g/mol. The number of hydrazine groups is 1. The minimum absolute atomic E-state index is 0.0837. The highest BCUT2D eigenvalue weighted by molar-refractivity contribution is 5.93. The van der Waals surface area contributed by atoms with Crippen LogP contribution in [0.4, 0.5) is 11.4 Å². The van der Waals surface area contributed by atoms with Gasteiger partial charge in [0.25, 0.3) is 0 Å². The fourth-order valence-electron chi connectivity index (χ4n) is 5.13. The Balaban J connectivity index is 1.79. The molecule has 2 aliphatic rings. The Morgan fingerprint density at radius 1 is 1.21 bits per heavy atom. The number of anilines is 2. The molecule has 162 valence electrons. The van der Waals surface area contributed by atoms with Gasteiger partial charge in [-0.15, -0.1) is 0 Å². The fourth-order valence-corrected chi connectivity index (χ4v) is 5.13. The summed E-state index contributed by atoms with van der Waals surface area (Å²) in [4.78, 5) is 18.0. The molecule has 3 rings (SSSR count). The number of benzene rings is 1. The summed E-state index contributed by atoms with van der Waals surface area (Å²) in [7, 11) is 4.04. The third-order valence-electron chi connectivity index (χ3n) is 6.61. The van der Waals surface area contributed by atoms with Gasteiger partial charge in [-0.2, -0.15) is 0 Å². The van der Waals surface area contributed by atoms with Crippen molar-refractivity contribution in [1.82, 2.24) is 15.3 Å². The van der Waals surface area contributed by atoms with Crippen LogP contribution in [0.25, 0.3) is 0 Å². The number of carbonyl (C=O) groups is 1. The minimum Gasteiger partial charge on any atom is -0.378 e. The first-order valence-electron chi connectivity index (χ1n) is 11.2. The Hall–Kier alpha value is -1.63. The average Bonchev–Trinajstić information content (AvgIpc) is 3.13. The Bertz CT molecular complexity index is 676. The molecule has 1 aromatic carbocycles. The van der Waals surface area contributed by atoms with E-state index in [4.69, 9.17) is 0 Å². The molecule has 0 saturated carbocycles. The Labute approximate surface area is 176 Å². The molecule has 6 heteroatoms. The molecule has 5 atom stereocenters. The van der Waals surface area contributed by atoms with E-state index in [9.17, 15) is 4.79 Å². The third-order valence-corrected chi connectivity index (χ3v) is 6.61. The maximum absolute atomic E-state index is 13.3. The lowest BCUT2D eigenvalue weighted by molar-refractivity contribution is -0.130. The van der Waals surface area contributed by atoms with Crippen molar-refractivity contribution >= 4 is 17.3 Å². The molecule has 2 aliphatic heterocycles. The maximum atomic E-state index is 13.3. The van der Waals surface area contributed by atoms with Gasteiger partial charge in [0.2, 0.25) is 5.91 Å². The fraction of sp³-hybridized carbons (Fsp3) is 0.696. The molecule has 2 saturated heterocycles. The van der Waals surface area contributed by atoms with Crippen molar-refractivity contribution in [1.29, 1.82) is 0 Å². The summed E-state index contributed by atoms with van der Waals surface area (Å²) in [6.45, 7) is 9.84. The molecule has 0 aromatic heterocycles. The summed E-state index contributed by atoms with van der Waals surface area (Å²) in [5, 5.41) is 5.52. The molecular formula is C23H39N5O. The molecule has 5 unspecified atom stereocenters. The largest absolute Gasteiger partial charge is 0.378 e. The van der Waals surface area contributed by atoms with E-state index in [1.165, 1.54) is 12.8 Å². The number of fused-ring (bicyclic) bond motifs is 1. The molecule has 1 amide bonds. The summed E-state index contributed by atoms with van der Waals surface area (Å²) < 4.78 is 0. The standard InChI is InChI=1S/C23H39N5O/c1-7-9-19(8-2)27-16(3)14-17(4)28-23(27)21(15-24-28)22(29)25-18-10-12-20(13-11-18)26(5)6/h10-13,16-17,19,21,23-24H,7-9,14-15H2,1-6H3,(H,25,29). The van der Waals surface area contributed by atoms with E-state index in [-0.39, 0.29) is 18.0 Å². The molecule has 2 heterocycles. The molecule has 0 radical (unpaired) electrons. The van der Waals surface area contributed by atoms with Gasteiger partial charge in [0.15, 0.2) is 0 Å². The number of rotatable bonds is 7. The van der Waals surface area contributed by atoms with Gasteiger partial charge >= 0.3 is 0 Å². The highest BCUT2D eigenvalue weighted by Gasteiger charge is 2.50. The van der Waals surface area contributed by atoms with Crippen LogP contribution in [-0.4, -0.2) is 60.7 Å². The van der Waals surface area contributed by atoms with E-state index in [2.05, 4.69) is 53.2 Å². The molecule has 0 bridgehead atoms. The smallest absolute Gasteiger partial charge is 0.231 e. The predicted octanol–water partition coefficient (Wildman–Crippen LogP) is 3.52. The first-order chi connectivity index (χ1) is 13.9. The molecule has 0 aliphatic carbocycles. The van der Waals surface area contributed by atoms with Gasteiger partial charge in [0.05, 0.1) is 12.1 Å². The van der Waals surface area contributed by atoms with Crippen molar-refractivity contribution in [2.24, 2.45) is 5.92 Å². The number of carbonyl (C=O) groups excluding carboxylic acids is 1. The van der Waals surface area contributed by atoms with Crippen LogP contribution in [0.2, 0.25) is 0 Å². The summed E-state index contributed by atoms with van der Waals surface area (Å²) in [6.07, 6.45) is 4.72. The summed E-state index contributed by atoms with van der Waals surface area (Å²) in [5.41, 5.74) is 5.54. The van der Waals surface area contributed by atoms with Crippen LogP contribution in [0.1, 0.15) is 53.4 Å². The minimum atomic E-state index is -0.0837. The van der Waals surface area contributed by atoms with Crippen molar-refractivity contribution in [3.05, 3.63) is 24.3 Å². The molecule has 1 aromatic rings. The lowest BCUT2D eigenvalue weighted by Gasteiger charge is -2.51. The zero-order valence-corrected chi connectivity index (χ0v) is 19.0. The second-order valence-corrected chi connectivity index (χ2v) is 8.95. The number of hydrogen-bond donors (Lipinski definition) is 2.